The summed E-state index contributed by atoms with van der Waals surface area (Å²) in [6.07, 6.45) is 4.90. The van der Waals surface area contributed by atoms with Crippen molar-refractivity contribution in [3.05, 3.63) is 65.2 Å². The van der Waals surface area contributed by atoms with Gasteiger partial charge in [0.05, 0.1) is 5.75 Å². The van der Waals surface area contributed by atoms with E-state index in [-0.39, 0.29) is 23.6 Å². The molecule has 1 N–H and O–H groups in total. The van der Waals surface area contributed by atoms with Crippen molar-refractivity contribution in [1.29, 1.82) is 0 Å². The van der Waals surface area contributed by atoms with Crippen LogP contribution in [0, 0.1) is 0 Å². The molecule has 1 saturated carbocycles. The number of thioether (sulfide) groups is 1. The average Bonchev–Trinajstić information content (AvgIpc) is 3.27. The number of carbonyl (C=O) groups excluding carboxylic acids is 2. The lowest BCUT2D eigenvalue weighted by molar-refractivity contribution is -0.139. The largest absolute Gasteiger partial charge is 0.352 e. The minimum atomic E-state index is -0.509. The zero-order chi connectivity index (χ0) is 21.3. The molecule has 4 nitrogen and oxygen atoms in total. The molecule has 0 aliphatic heterocycles. The molecule has 30 heavy (non-hydrogen) atoms. The first-order chi connectivity index (χ1) is 14.6. The Morgan fingerprint density at radius 3 is 2.43 bits per heavy atom. The number of hydrogen-bond acceptors (Lipinski definition) is 3. The Kier molecular flexibility index (Phi) is 8.64. The van der Waals surface area contributed by atoms with Gasteiger partial charge in [-0.3, -0.25) is 9.59 Å². The van der Waals surface area contributed by atoms with Gasteiger partial charge in [-0.25, -0.2) is 0 Å². The fourth-order valence-electron chi connectivity index (χ4n) is 3.84. The summed E-state index contributed by atoms with van der Waals surface area (Å²) in [6, 6.07) is 17.1. The highest BCUT2D eigenvalue weighted by atomic mass is 35.5. The summed E-state index contributed by atoms with van der Waals surface area (Å²) >= 11 is 7.86. The van der Waals surface area contributed by atoms with Crippen LogP contribution in [-0.4, -0.2) is 34.6 Å². The minimum absolute atomic E-state index is 0.0582. The number of nitrogens with zero attached hydrogens (tertiary/aromatic N) is 1. The highest BCUT2D eigenvalue weighted by Gasteiger charge is 2.30. The maximum absolute atomic E-state index is 13.3. The van der Waals surface area contributed by atoms with Gasteiger partial charge < -0.3 is 10.2 Å². The molecule has 0 aromatic heterocycles. The number of nitrogens with one attached hydrogen (secondary N) is 1. The van der Waals surface area contributed by atoms with Crippen LogP contribution in [-0.2, 0) is 16.1 Å². The average molecular weight is 445 g/mol. The Morgan fingerprint density at radius 2 is 1.77 bits per heavy atom. The maximum atomic E-state index is 13.3. The number of halogens is 1. The van der Waals surface area contributed by atoms with Gasteiger partial charge in [-0.2, -0.15) is 0 Å². The summed E-state index contributed by atoms with van der Waals surface area (Å²) in [5.41, 5.74) is 0.851. The fraction of sp³-hybridized carbons (Fsp3) is 0.417. The van der Waals surface area contributed by atoms with Gasteiger partial charge in [-0.1, -0.05) is 67.8 Å². The molecular formula is C24H29ClN2O2S. The summed E-state index contributed by atoms with van der Waals surface area (Å²) in [7, 11) is 0. The third-order valence-electron chi connectivity index (χ3n) is 5.49. The second kappa shape index (κ2) is 11.4. The SMILES string of the molecule is CC[C@@H](C(=O)NC1CCCC1)N(Cc1ccccc1Cl)C(=O)CSc1ccccc1. The Labute approximate surface area is 188 Å². The fourth-order valence-corrected chi connectivity index (χ4v) is 4.84. The lowest BCUT2D eigenvalue weighted by Crippen LogP contribution is -2.51. The van der Waals surface area contributed by atoms with Crippen LogP contribution in [0.4, 0.5) is 0 Å². The summed E-state index contributed by atoms with van der Waals surface area (Å²) in [5, 5.41) is 3.78. The highest BCUT2D eigenvalue weighted by molar-refractivity contribution is 8.00. The summed E-state index contributed by atoms with van der Waals surface area (Å²) < 4.78 is 0. The Morgan fingerprint density at radius 1 is 1.10 bits per heavy atom. The van der Waals surface area contributed by atoms with E-state index in [1.165, 1.54) is 11.8 Å². The van der Waals surface area contributed by atoms with Gasteiger partial charge >= 0.3 is 0 Å². The van der Waals surface area contributed by atoms with Gasteiger partial charge in [0.2, 0.25) is 11.8 Å². The van der Waals surface area contributed by atoms with Crippen molar-refractivity contribution in [3.8, 4) is 0 Å². The van der Waals surface area contributed by atoms with Crippen molar-refractivity contribution in [3.63, 3.8) is 0 Å². The number of amides is 2. The van der Waals surface area contributed by atoms with Gasteiger partial charge in [0.15, 0.2) is 0 Å². The van der Waals surface area contributed by atoms with Crippen LogP contribution in [0.15, 0.2) is 59.5 Å². The van der Waals surface area contributed by atoms with Gasteiger partial charge in [-0.15, -0.1) is 11.8 Å². The van der Waals surface area contributed by atoms with Crippen molar-refractivity contribution in [2.75, 3.05) is 5.75 Å². The van der Waals surface area contributed by atoms with Crippen molar-refractivity contribution < 1.29 is 9.59 Å². The lowest BCUT2D eigenvalue weighted by atomic mass is 10.1. The molecule has 160 valence electrons. The summed E-state index contributed by atoms with van der Waals surface area (Å²) in [5.74, 6) is 0.161. The molecule has 0 unspecified atom stereocenters. The molecule has 6 heteroatoms. The molecule has 1 atom stereocenters. The molecule has 0 radical (unpaired) electrons. The maximum Gasteiger partial charge on any atom is 0.243 e. The normalized spacial score (nSPS) is 15.0. The van der Waals surface area contributed by atoms with Crippen molar-refractivity contribution in [2.45, 2.75) is 62.6 Å². The number of rotatable bonds is 9. The Balaban J connectivity index is 1.76. The molecule has 0 bridgehead atoms. The second-order valence-corrected chi connectivity index (χ2v) is 9.08. The molecule has 0 saturated heterocycles. The van der Waals surface area contributed by atoms with Crippen LogP contribution in [0.1, 0.15) is 44.6 Å². The molecule has 2 aromatic carbocycles. The molecule has 3 rings (SSSR count). The smallest absolute Gasteiger partial charge is 0.243 e. The van der Waals surface area contributed by atoms with E-state index in [0.29, 0.717) is 18.0 Å². The highest BCUT2D eigenvalue weighted by Crippen LogP contribution is 2.24. The third kappa shape index (κ3) is 6.26. The van der Waals surface area contributed by atoms with E-state index in [2.05, 4.69) is 5.32 Å². The monoisotopic (exact) mass is 444 g/mol. The molecule has 1 aliphatic rings. The zero-order valence-corrected chi connectivity index (χ0v) is 18.9. The Bertz CT molecular complexity index is 840. The first kappa shape index (κ1) is 22.7. The second-order valence-electron chi connectivity index (χ2n) is 7.63. The van der Waals surface area contributed by atoms with Gasteiger partial charge in [0, 0.05) is 22.5 Å². The first-order valence-corrected chi connectivity index (χ1v) is 12.0. The van der Waals surface area contributed by atoms with Gasteiger partial charge in [0.1, 0.15) is 6.04 Å². The lowest BCUT2D eigenvalue weighted by Gasteiger charge is -2.31. The summed E-state index contributed by atoms with van der Waals surface area (Å²) in [6.45, 7) is 2.28. The van der Waals surface area contributed by atoms with Crippen LogP contribution < -0.4 is 5.32 Å². The minimum Gasteiger partial charge on any atom is -0.352 e. The van der Waals surface area contributed by atoms with E-state index < -0.39 is 6.04 Å². The predicted molar refractivity (Wildman–Crippen MR) is 124 cm³/mol. The first-order valence-electron chi connectivity index (χ1n) is 10.6. The molecule has 1 aliphatic carbocycles. The van der Waals surface area contributed by atoms with Crippen LogP contribution in [0.3, 0.4) is 0 Å². The van der Waals surface area contributed by atoms with Crippen LogP contribution in [0.2, 0.25) is 5.02 Å². The van der Waals surface area contributed by atoms with E-state index >= 15 is 0 Å². The molecule has 2 amide bonds. The molecule has 0 heterocycles. The standard InChI is InChI=1S/C24H29ClN2O2S/c1-2-22(24(29)26-19-11-7-8-12-19)27(16-18-10-6-9-15-21(18)25)23(28)17-30-20-13-4-3-5-14-20/h3-6,9-10,13-15,19,22H,2,7-8,11-12,16-17H2,1H3,(H,26,29)/t22-/m0/s1. The number of hydrogen-bond donors (Lipinski definition) is 1. The molecule has 1 fully saturated rings. The van der Waals surface area contributed by atoms with Crippen LogP contribution in [0.5, 0.6) is 0 Å². The number of carbonyl (C=O) groups is 2. The van der Waals surface area contributed by atoms with Gasteiger partial charge in [-0.05, 0) is 43.0 Å². The molecule has 0 spiro atoms. The summed E-state index contributed by atoms with van der Waals surface area (Å²) in [4.78, 5) is 29.1. The van der Waals surface area contributed by atoms with E-state index in [0.717, 1.165) is 36.1 Å². The Hall–Kier alpha value is -1.98. The van der Waals surface area contributed by atoms with E-state index in [1.807, 2.05) is 61.5 Å². The topological polar surface area (TPSA) is 49.4 Å². The zero-order valence-electron chi connectivity index (χ0n) is 17.4. The number of benzene rings is 2. The van der Waals surface area contributed by atoms with Gasteiger partial charge in [0.25, 0.3) is 0 Å². The van der Waals surface area contributed by atoms with E-state index in [1.54, 1.807) is 4.90 Å². The van der Waals surface area contributed by atoms with Crippen molar-refractivity contribution >= 4 is 35.2 Å². The predicted octanol–water partition coefficient (Wildman–Crippen LogP) is 5.30. The van der Waals surface area contributed by atoms with Crippen LogP contribution in [0.25, 0.3) is 0 Å². The van der Waals surface area contributed by atoms with Crippen molar-refractivity contribution in [1.82, 2.24) is 10.2 Å². The van der Waals surface area contributed by atoms with Crippen LogP contribution >= 0.6 is 23.4 Å². The van der Waals surface area contributed by atoms with E-state index in [9.17, 15) is 9.59 Å². The molecule has 2 aromatic rings. The van der Waals surface area contributed by atoms with Crippen molar-refractivity contribution in [2.24, 2.45) is 0 Å². The van der Waals surface area contributed by atoms with E-state index in [4.69, 9.17) is 11.6 Å². The molecular weight excluding hydrogens is 416 g/mol. The third-order valence-corrected chi connectivity index (χ3v) is 6.86. The quantitative estimate of drug-likeness (QED) is 0.534.